The molecule has 2 aliphatic rings. The van der Waals surface area contributed by atoms with Gasteiger partial charge < -0.3 is 10.2 Å². The summed E-state index contributed by atoms with van der Waals surface area (Å²) in [6.07, 6.45) is 2.05. The largest absolute Gasteiger partial charge is 0.377 e. The maximum absolute atomic E-state index is 12.7. The van der Waals surface area contributed by atoms with E-state index in [1.165, 1.54) is 10.4 Å². The smallest absolute Gasteiger partial charge is 0.292 e. The second-order valence-electron chi connectivity index (χ2n) is 7.51. The van der Waals surface area contributed by atoms with Crippen LogP contribution in [0.4, 0.5) is 17.1 Å². The number of nitrogens with zero attached hydrogens (tertiary/aromatic N) is 3. The second kappa shape index (κ2) is 8.00. The summed E-state index contributed by atoms with van der Waals surface area (Å²) < 4.78 is 27.0. The van der Waals surface area contributed by atoms with Crippen LogP contribution in [0.3, 0.4) is 0 Å². The van der Waals surface area contributed by atoms with Crippen LogP contribution in [-0.2, 0) is 15.8 Å². The standard InChI is InChI=1S/C20H24N4O4S/c25-24(26)20-9-8-18(14-19(20)21-17-6-7-17)22-10-12-23(13-11-22)29(27,28)15-16-4-2-1-3-5-16/h1-5,8-9,14,17,21H,6-7,10-13,15H2. The normalized spacial score (nSPS) is 17.9. The molecular weight excluding hydrogens is 392 g/mol. The van der Waals surface area contributed by atoms with E-state index in [9.17, 15) is 18.5 Å². The molecule has 0 unspecified atom stereocenters. The number of sulfonamides is 1. The summed E-state index contributed by atoms with van der Waals surface area (Å²) >= 11 is 0. The van der Waals surface area contributed by atoms with Crippen LogP contribution in [0.2, 0.25) is 0 Å². The molecule has 4 rings (SSSR count). The predicted molar refractivity (Wildman–Crippen MR) is 113 cm³/mol. The maximum atomic E-state index is 12.7. The van der Waals surface area contributed by atoms with Crippen molar-refractivity contribution in [2.75, 3.05) is 36.4 Å². The molecule has 0 bridgehead atoms. The lowest BCUT2D eigenvalue weighted by molar-refractivity contribution is -0.384. The SMILES string of the molecule is O=[N+]([O-])c1ccc(N2CCN(S(=O)(=O)Cc3ccccc3)CC2)cc1NC1CC1. The molecule has 1 aliphatic heterocycles. The Balaban J connectivity index is 1.43. The second-order valence-corrected chi connectivity index (χ2v) is 9.47. The first-order valence-corrected chi connectivity index (χ1v) is 11.3. The van der Waals surface area contributed by atoms with Gasteiger partial charge in [-0.25, -0.2) is 8.42 Å². The summed E-state index contributed by atoms with van der Waals surface area (Å²) in [6.45, 7) is 1.90. The van der Waals surface area contributed by atoms with Gasteiger partial charge in [-0.1, -0.05) is 30.3 Å². The molecule has 0 spiro atoms. The van der Waals surface area contributed by atoms with Gasteiger partial charge in [0.05, 0.1) is 10.7 Å². The molecule has 0 atom stereocenters. The molecule has 1 heterocycles. The van der Waals surface area contributed by atoms with Crippen LogP contribution in [0.25, 0.3) is 0 Å². The summed E-state index contributed by atoms with van der Waals surface area (Å²) in [7, 11) is -3.37. The van der Waals surface area contributed by atoms with Crippen molar-refractivity contribution >= 4 is 27.1 Å². The Morgan fingerprint density at radius 2 is 1.72 bits per heavy atom. The lowest BCUT2D eigenvalue weighted by Gasteiger charge is -2.35. The number of anilines is 2. The number of rotatable bonds is 7. The molecule has 1 saturated heterocycles. The Kier molecular flexibility index (Phi) is 5.42. The highest BCUT2D eigenvalue weighted by molar-refractivity contribution is 7.88. The van der Waals surface area contributed by atoms with Crippen molar-refractivity contribution in [3.63, 3.8) is 0 Å². The first-order chi connectivity index (χ1) is 13.9. The Morgan fingerprint density at radius 3 is 2.34 bits per heavy atom. The van der Waals surface area contributed by atoms with E-state index in [0.717, 1.165) is 24.1 Å². The zero-order chi connectivity index (χ0) is 20.4. The third-order valence-corrected chi connectivity index (χ3v) is 7.15. The van der Waals surface area contributed by atoms with E-state index >= 15 is 0 Å². The summed E-state index contributed by atoms with van der Waals surface area (Å²) in [5.74, 6) is 0.000822. The number of benzene rings is 2. The van der Waals surface area contributed by atoms with Crippen molar-refractivity contribution in [1.82, 2.24) is 4.31 Å². The first-order valence-electron chi connectivity index (χ1n) is 9.74. The average Bonchev–Trinajstić information content (AvgIpc) is 3.52. The minimum Gasteiger partial charge on any atom is -0.377 e. The zero-order valence-corrected chi connectivity index (χ0v) is 16.8. The van der Waals surface area contributed by atoms with Crippen molar-refractivity contribution < 1.29 is 13.3 Å². The Bertz CT molecular complexity index is 985. The van der Waals surface area contributed by atoms with Crippen LogP contribution in [-0.4, -0.2) is 49.9 Å². The van der Waals surface area contributed by atoms with E-state index in [-0.39, 0.29) is 16.4 Å². The highest BCUT2D eigenvalue weighted by Crippen LogP contribution is 2.34. The fourth-order valence-electron chi connectivity index (χ4n) is 3.54. The van der Waals surface area contributed by atoms with Gasteiger partial charge in [-0.05, 0) is 30.5 Å². The van der Waals surface area contributed by atoms with Crippen molar-refractivity contribution in [2.24, 2.45) is 0 Å². The minimum absolute atomic E-state index is 0.000822. The van der Waals surface area contributed by atoms with Crippen LogP contribution in [0, 0.1) is 10.1 Å². The van der Waals surface area contributed by atoms with Gasteiger partial charge in [0.15, 0.2) is 0 Å². The molecular formula is C20H24N4O4S. The van der Waals surface area contributed by atoms with Gasteiger partial charge in [0.2, 0.25) is 10.0 Å². The zero-order valence-electron chi connectivity index (χ0n) is 16.0. The predicted octanol–water partition coefficient (Wildman–Crippen LogP) is 2.82. The third-order valence-electron chi connectivity index (χ3n) is 5.30. The quantitative estimate of drug-likeness (QED) is 0.551. The van der Waals surface area contributed by atoms with Crippen LogP contribution in [0.5, 0.6) is 0 Å². The number of hydrogen-bond donors (Lipinski definition) is 1. The van der Waals surface area contributed by atoms with Crippen LogP contribution < -0.4 is 10.2 Å². The molecule has 2 aromatic carbocycles. The summed E-state index contributed by atoms with van der Waals surface area (Å²) in [5.41, 5.74) is 2.26. The number of nitro benzene ring substituents is 1. The van der Waals surface area contributed by atoms with Crippen LogP contribution >= 0.6 is 0 Å². The monoisotopic (exact) mass is 416 g/mol. The number of hydrogen-bond acceptors (Lipinski definition) is 6. The molecule has 2 aromatic rings. The molecule has 0 radical (unpaired) electrons. The number of nitrogens with one attached hydrogen (secondary N) is 1. The van der Waals surface area contributed by atoms with E-state index in [4.69, 9.17) is 0 Å². The Labute approximate surface area is 170 Å². The highest BCUT2D eigenvalue weighted by atomic mass is 32.2. The van der Waals surface area contributed by atoms with Gasteiger partial charge >= 0.3 is 0 Å². The number of nitro groups is 1. The highest BCUT2D eigenvalue weighted by Gasteiger charge is 2.29. The van der Waals surface area contributed by atoms with Gasteiger partial charge in [0.1, 0.15) is 5.69 Å². The molecule has 8 nitrogen and oxygen atoms in total. The fourth-order valence-corrected chi connectivity index (χ4v) is 5.06. The lowest BCUT2D eigenvalue weighted by atomic mass is 10.2. The average molecular weight is 417 g/mol. The summed E-state index contributed by atoms with van der Waals surface area (Å²) in [4.78, 5) is 13.0. The molecule has 0 amide bonds. The Morgan fingerprint density at radius 1 is 1.03 bits per heavy atom. The van der Waals surface area contributed by atoms with Crippen LogP contribution in [0.15, 0.2) is 48.5 Å². The number of piperazine rings is 1. The van der Waals surface area contributed by atoms with Gasteiger partial charge in [-0.2, -0.15) is 4.31 Å². The fraction of sp³-hybridized carbons (Fsp3) is 0.400. The van der Waals surface area contributed by atoms with E-state index in [1.54, 1.807) is 6.07 Å². The van der Waals surface area contributed by atoms with Gasteiger partial charge in [-0.15, -0.1) is 0 Å². The van der Waals surface area contributed by atoms with Gasteiger partial charge in [0.25, 0.3) is 5.69 Å². The minimum atomic E-state index is -3.37. The topological polar surface area (TPSA) is 95.8 Å². The van der Waals surface area contributed by atoms with Crippen LogP contribution in [0.1, 0.15) is 18.4 Å². The first kappa shape index (κ1) is 19.7. The third kappa shape index (κ3) is 4.68. The molecule has 2 fully saturated rings. The van der Waals surface area contributed by atoms with Gasteiger partial charge in [0, 0.05) is 44.0 Å². The lowest BCUT2D eigenvalue weighted by Crippen LogP contribution is -2.49. The molecule has 1 saturated carbocycles. The summed E-state index contributed by atoms with van der Waals surface area (Å²) in [6, 6.07) is 14.6. The van der Waals surface area contributed by atoms with Crippen molar-refractivity contribution in [3.05, 3.63) is 64.2 Å². The molecule has 1 N–H and O–H groups in total. The molecule has 1 aliphatic carbocycles. The molecule has 0 aromatic heterocycles. The summed E-state index contributed by atoms with van der Waals surface area (Å²) in [5, 5.41) is 14.5. The van der Waals surface area contributed by atoms with E-state index in [0.29, 0.717) is 37.9 Å². The Hall–Kier alpha value is -2.65. The van der Waals surface area contributed by atoms with Gasteiger partial charge in [-0.3, -0.25) is 10.1 Å². The van der Waals surface area contributed by atoms with Crippen molar-refractivity contribution in [3.8, 4) is 0 Å². The van der Waals surface area contributed by atoms with Crippen molar-refractivity contribution in [1.29, 1.82) is 0 Å². The van der Waals surface area contributed by atoms with E-state index < -0.39 is 10.0 Å². The molecule has 29 heavy (non-hydrogen) atoms. The molecule has 9 heteroatoms. The van der Waals surface area contributed by atoms with E-state index in [2.05, 4.69) is 10.2 Å². The van der Waals surface area contributed by atoms with Crippen molar-refractivity contribution in [2.45, 2.75) is 24.6 Å². The maximum Gasteiger partial charge on any atom is 0.292 e. The van der Waals surface area contributed by atoms with E-state index in [1.807, 2.05) is 36.4 Å². The molecule has 154 valence electrons.